The second-order valence-electron chi connectivity index (χ2n) is 9.75. The van der Waals surface area contributed by atoms with E-state index in [9.17, 15) is 18.0 Å². The summed E-state index contributed by atoms with van der Waals surface area (Å²) in [5.41, 5.74) is 8.77. The van der Waals surface area contributed by atoms with Crippen molar-refractivity contribution in [3.8, 4) is 5.75 Å². The quantitative estimate of drug-likeness (QED) is 0.641. The van der Waals surface area contributed by atoms with E-state index < -0.39 is 21.5 Å². The number of hydrogen-bond donors (Lipinski definition) is 2. The van der Waals surface area contributed by atoms with Gasteiger partial charge in [-0.3, -0.25) is 19.2 Å². The van der Waals surface area contributed by atoms with E-state index in [4.69, 9.17) is 10.5 Å². The van der Waals surface area contributed by atoms with Crippen LogP contribution in [0.3, 0.4) is 0 Å². The average molecular weight is 520 g/mol. The molecule has 1 fully saturated rings. The predicted molar refractivity (Wildman–Crippen MR) is 136 cm³/mol. The summed E-state index contributed by atoms with van der Waals surface area (Å²) < 4.78 is 31.8. The Kier molecular flexibility index (Phi) is 6.87. The van der Waals surface area contributed by atoms with Crippen LogP contribution in [0.2, 0.25) is 0 Å². The van der Waals surface area contributed by atoms with Crippen LogP contribution >= 0.6 is 12.4 Å². The Hall–Kier alpha value is -2.62. The molecule has 188 valence electrons. The van der Waals surface area contributed by atoms with Gasteiger partial charge in [0.1, 0.15) is 11.4 Å². The van der Waals surface area contributed by atoms with Crippen LogP contribution in [0.4, 0.5) is 5.69 Å². The molecule has 0 unspecified atom stereocenters. The first-order valence-electron chi connectivity index (χ1n) is 11.6. The molecule has 0 aromatic heterocycles. The van der Waals surface area contributed by atoms with E-state index >= 15 is 0 Å². The third-order valence-corrected chi connectivity index (χ3v) is 7.92. The van der Waals surface area contributed by atoms with Gasteiger partial charge in [-0.1, -0.05) is 6.07 Å². The van der Waals surface area contributed by atoms with Crippen LogP contribution in [0.25, 0.3) is 0 Å². The number of Topliss-reactive ketones (excluding diaryl/α,β-unsaturated/α-hetero) is 1. The fourth-order valence-electron chi connectivity index (χ4n) is 5.55. The van der Waals surface area contributed by atoms with E-state index in [0.29, 0.717) is 35.0 Å². The number of sulfonamides is 1. The average Bonchev–Trinajstić information content (AvgIpc) is 2.78. The van der Waals surface area contributed by atoms with Crippen LogP contribution in [0.1, 0.15) is 57.5 Å². The minimum absolute atomic E-state index is 0. The molecule has 2 aliphatic heterocycles. The molecule has 5 rings (SSSR count). The number of amides is 1. The molecule has 2 aromatic carbocycles. The number of primary amides is 1. The van der Waals surface area contributed by atoms with Crippen LogP contribution in [0, 0.1) is 0 Å². The maximum atomic E-state index is 13.0. The predicted octanol–water partition coefficient (Wildman–Crippen LogP) is 2.94. The summed E-state index contributed by atoms with van der Waals surface area (Å²) in [7, 11) is -3.42. The summed E-state index contributed by atoms with van der Waals surface area (Å²) in [6.45, 7) is 1.71. The number of carbonyl (C=O) groups is 2. The largest absolute Gasteiger partial charge is 0.486 e. The first kappa shape index (κ1) is 25.5. The van der Waals surface area contributed by atoms with E-state index in [1.165, 1.54) is 11.1 Å². The fourth-order valence-corrected chi connectivity index (χ4v) is 6.10. The van der Waals surface area contributed by atoms with Crippen LogP contribution in [-0.2, 0) is 22.9 Å². The monoisotopic (exact) mass is 519 g/mol. The zero-order chi connectivity index (χ0) is 24.1. The molecule has 1 atom stereocenters. The summed E-state index contributed by atoms with van der Waals surface area (Å²) in [4.78, 5) is 26.9. The molecule has 1 amide bonds. The third kappa shape index (κ3) is 5.32. The number of fused-ring (bicyclic) bond motifs is 2. The van der Waals surface area contributed by atoms with Gasteiger partial charge >= 0.3 is 0 Å². The highest BCUT2D eigenvalue weighted by Gasteiger charge is 2.44. The number of aryl methyl sites for hydroxylation is 1. The highest BCUT2D eigenvalue weighted by molar-refractivity contribution is 7.92. The van der Waals surface area contributed by atoms with Crippen molar-refractivity contribution in [3.63, 3.8) is 0 Å². The molecule has 0 radical (unpaired) electrons. The van der Waals surface area contributed by atoms with Gasteiger partial charge in [-0.2, -0.15) is 0 Å². The van der Waals surface area contributed by atoms with Crippen molar-refractivity contribution < 1.29 is 22.7 Å². The van der Waals surface area contributed by atoms with Crippen molar-refractivity contribution >= 4 is 39.8 Å². The highest BCUT2D eigenvalue weighted by Crippen LogP contribution is 2.41. The Morgan fingerprint density at radius 2 is 1.89 bits per heavy atom. The Labute approximate surface area is 211 Å². The highest BCUT2D eigenvalue weighted by atomic mass is 35.5. The smallest absolute Gasteiger partial charge is 0.248 e. The van der Waals surface area contributed by atoms with Crippen LogP contribution < -0.4 is 15.2 Å². The number of rotatable bonds is 4. The van der Waals surface area contributed by atoms with Crippen LogP contribution in [0.15, 0.2) is 36.4 Å². The molecule has 2 aromatic rings. The van der Waals surface area contributed by atoms with Crippen molar-refractivity contribution in [3.05, 3.63) is 58.7 Å². The Morgan fingerprint density at radius 1 is 1.14 bits per heavy atom. The number of anilines is 1. The van der Waals surface area contributed by atoms with Gasteiger partial charge in [0.15, 0.2) is 5.78 Å². The van der Waals surface area contributed by atoms with Gasteiger partial charge in [-0.05, 0) is 60.7 Å². The number of halogens is 1. The molecule has 3 N–H and O–H groups in total. The van der Waals surface area contributed by atoms with Crippen LogP contribution in [-0.4, -0.2) is 56.0 Å². The maximum Gasteiger partial charge on any atom is 0.248 e. The summed E-state index contributed by atoms with van der Waals surface area (Å²) >= 11 is 0. The van der Waals surface area contributed by atoms with Crippen molar-refractivity contribution in [1.82, 2.24) is 4.90 Å². The van der Waals surface area contributed by atoms with Gasteiger partial charge in [0.2, 0.25) is 15.9 Å². The molecule has 1 aliphatic carbocycles. The molecule has 8 nitrogen and oxygen atoms in total. The standard InChI is InChI=1S/C25H29N3O5S.ClH/c1-34(31,32)27-19-5-7-23-21(14-19)22(29)15-25(33-23)8-10-28(11-9-25)20-6-4-16-12-18(24(26)30)3-2-17(16)13-20;/h2-3,5,7,12,14,20,27H,4,6,8-11,13,15H2,1H3,(H2,26,30);1H/t20-;/m1./s1. The fraction of sp³-hybridized carbons (Fsp3) is 0.440. The van der Waals surface area contributed by atoms with E-state index in [-0.39, 0.29) is 18.2 Å². The molecular weight excluding hydrogens is 490 g/mol. The number of benzene rings is 2. The molecule has 1 spiro atoms. The number of nitrogens with zero attached hydrogens (tertiary/aromatic N) is 1. The van der Waals surface area contributed by atoms with Gasteiger partial charge in [-0.15, -0.1) is 12.4 Å². The minimum Gasteiger partial charge on any atom is -0.486 e. The number of piperidine rings is 1. The molecule has 0 bridgehead atoms. The zero-order valence-electron chi connectivity index (χ0n) is 19.6. The SMILES string of the molecule is CS(=O)(=O)Nc1ccc2c(c1)C(=O)CC1(CCN([C@@H]3CCc4cc(C(N)=O)ccc4C3)CC1)O2.Cl. The van der Waals surface area contributed by atoms with Gasteiger partial charge in [0.25, 0.3) is 0 Å². The molecule has 3 aliphatic rings. The number of nitrogens with one attached hydrogen (secondary N) is 1. The van der Waals surface area contributed by atoms with Crippen molar-refractivity contribution in [2.75, 3.05) is 24.1 Å². The van der Waals surface area contributed by atoms with Gasteiger partial charge in [0.05, 0.1) is 18.2 Å². The number of likely N-dealkylation sites (tertiary alicyclic amines) is 1. The Bertz CT molecular complexity index is 1270. The van der Waals surface area contributed by atoms with Gasteiger partial charge < -0.3 is 10.5 Å². The number of ether oxygens (including phenoxy) is 1. The first-order chi connectivity index (χ1) is 16.1. The lowest BCUT2D eigenvalue weighted by atomic mass is 9.80. The van der Waals surface area contributed by atoms with Crippen molar-refractivity contribution in [2.24, 2.45) is 5.73 Å². The summed E-state index contributed by atoms with van der Waals surface area (Å²) in [6, 6.07) is 11.1. The van der Waals surface area contributed by atoms with E-state index in [2.05, 4.69) is 9.62 Å². The normalized spacial score (nSPS) is 21.3. The molecule has 1 saturated heterocycles. The van der Waals surface area contributed by atoms with E-state index in [1.54, 1.807) is 18.2 Å². The minimum atomic E-state index is -3.42. The number of nitrogens with two attached hydrogens (primary N) is 1. The second-order valence-corrected chi connectivity index (χ2v) is 11.5. The Balaban J connectivity index is 0.00000289. The summed E-state index contributed by atoms with van der Waals surface area (Å²) in [5.74, 6) is 0.127. The third-order valence-electron chi connectivity index (χ3n) is 7.31. The van der Waals surface area contributed by atoms with Crippen molar-refractivity contribution in [1.29, 1.82) is 0 Å². The summed E-state index contributed by atoms with van der Waals surface area (Å²) in [6.07, 6.45) is 5.82. The number of hydrogen-bond acceptors (Lipinski definition) is 6. The van der Waals surface area contributed by atoms with E-state index in [1.807, 2.05) is 18.2 Å². The van der Waals surface area contributed by atoms with E-state index in [0.717, 1.165) is 51.4 Å². The van der Waals surface area contributed by atoms with Gasteiger partial charge in [-0.25, -0.2) is 8.42 Å². The van der Waals surface area contributed by atoms with Gasteiger partial charge in [0, 0.05) is 43.2 Å². The lowest BCUT2D eigenvalue weighted by Crippen LogP contribution is -2.54. The lowest BCUT2D eigenvalue weighted by Gasteiger charge is -2.46. The zero-order valence-corrected chi connectivity index (χ0v) is 21.2. The topological polar surface area (TPSA) is 119 Å². The molecular formula is C25H30ClN3O5S. The molecule has 10 heteroatoms. The number of ketones is 1. The molecule has 2 heterocycles. The first-order valence-corrected chi connectivity index (χ1v) is 13.5. The molecule has 0 saturated carbocycles. The maximum absolute atomic E-state index is 13.0. The Morgan fingerprint density at radius 3 is 2.57 bits per heavy atom. The second kappa shape index (κ2) is 9.44. The summed E-state index contributed by atoms with van der Waals surface area (Å²) in [5, 5.41) is 0. The van der Waals surface area contributed by atoms with Crippen molar-refractivity contribution in [2.45, 2.75) is 50.2 Å². The van der Waals surface area contributed by atoms with Crippen LogP contribution in [0.5, 0.6) is 5.75 Å². The molecule has 35 heavy (non-hydrogen) atoms. The lowest BCUT2D eigenvalue weighted by molar-refractivity contribution is -0.0200. The number of carbonyl (C=O) groups excluding carboxylic acids is 2.